The van der Waals surface area contributed by atoms with Crippen LogP contribution in [0.3, 0.4) is 0 Å². The Morgan fingerprint density at radius 2 is 1.86 bits per heavy atom. The molecule has 1 aliphatic rings. The molecule has 1 amide bonds. The monoisotopic (exact) mass is 498 g/mol. The Morgan fingerprint density at radius 1 is 1.06 bits per heavy atom. The molecule has 1 saturated heterocycles. The smallest absolute Gasteiger partial charge is 0.271 e. The second-order valence-electron chi connectivity index (χ2n) is 8.25. The maximum Gasteiger partial charge on any atom is 0.271 e. The molecule has 2 N–H and O–H groups in total. The molecule has 180 valence electrons. The van der Waals surface area contributed by atoms with Gasteiger partial charge in [0, 0.05) is 35.9 Å². The second kappa shape index (κ2) is 9.96. The van der Waals surface area contributed by atoms with Gasteiger partial charge in [0.05, 0.1) is 28.4 Å². The molecule has 0 saturated carbocycles. The van der Waals surface area contributed by atoms with Gasteiger partial charge in [-0.15, -0.1) is 0 Å². The summed E-state index contributed by atoms with van der Waals surface area (Å²) in [6.45, 7) is 0.00878. The van der Waals surface area contributed by atoms with Crippen LogP contribution >= 0.6 is 12.2 Å². The Hall–Kier alpha value is -4.57. The standard InChI is InChI=1S/C26H22N6O3S/c33-23(28-18-8-2-1-3-9-18)17-31-25(24(29-26(31)36)21-12-4-5-14-27-21)22-13-7-15-30(22)19-10-6-11-20(16-19)32(34)35/h1-16,24-25H,17H2,(H,28,33)(H,29,36)/t24-,25-/m0/s1. The van der Waals surface area contributed by atoms with Gasteiger partial charge in [0.1, 0.15) is 6.54 Å². The first-order valence-corrected chi connectivity index (χ1v) is 11.7. The quantitative estimate of drug-likeness (QED) is 0.221. The van der Waals surface area contributed by atoms with E-state index in [1.54, 1.807) is 18.3 Å². The summed E-state index contributed by atoms with van der Waals surface area (Å²) in [5.74, 6) is -0.217. The van der Waals surface area contributed by atoms with Crippen molar-refractivity contribution < 1.29 is 9.72 Å². The average Bonchev–Trinajstić information content (AvgIpc) is 3.50. The van der Waals surface area contributed by atoms with Gasteiger partial charge in [0.2, 0.25) is 5.91 Å². The van der Waals surface area contributed by atoms with Crippen molar-refractivity contribution in [1.82, 2.24) is 19.8 Å². The molecule has 1 aliphatic heterocycles. The fraction of sp³-hybridized carbons (Fsp3) is 0.115. The number of nitrogens with zero attached hydrogens (tertiary/aromatic N) is 4. The molecule has 2 aromatic carbocycles. The number of carbonyl (C=O) groups is 1. The highest BCUT2D eigenvalue weighted by Crippen LogP contribution is 2.39. The summed E-state index contributed by atoms with van der Waals surface area (Å²) in [5.41, 5.74) is 2.90. The third kappa shape index (κ3) is 4.66. The number of rotatable bonds is 7. The molecule has 36 heavy (non-hydrogen) atoms. The topological polar surface area (TPSA) is 105 Å². The number of nitro groups is 1. The van der Waals surface area contributed by atoms with Crippen LogP contribution < -0.4 is 10.6 Å². The maximum absolute atomic E-state index is 13.0. The van der Waals surface area contributed by atoms with E-state index in [0.29, 0.717) is 16.5 Å². The molecule has 4 aromatic rings. The van der Waals surface area contributed by atoms with Crippen molar-refractivity contribution in [3.8, 4) is 5.69 Å². The predicted octanol–water partition coefficient (Wildman–Crippen LogP) is 4.39. The van der Waals surface area contributed by atoms with Gasteiger partial charge in [0.25, 0.3) is 5.69 Å². The van der Waals surface area contributed by atoms with Crippen LogP contribution in [0.4, 0.5) is 11.4 Å². The summed E-state index contributed by atoms with van der Waals surface area (Å²) >= 11 is 5.68. The van der Waals surface area contributed by atoms with E-state index in [-0.39, 0.29) is 24.2 Å². The van der Waals surface area contributed by atoms with E-state index in [9.17, 15) is 14.9 Å². The predicted molar refractivity (Wildman–Crippen MR) is 140 cm³/mol. The zero-order chi connectivity index (χ0) is 25.1. The molecule has 0 radical (unpaired) electrons. The van der Waals surface area contributed by atoms with Gasteiger partial charge in [-0.1, -0.05) is 30.3 Å². The minimum atomic E-state index is -0.421. The molecule has 2 atom stereocenters. The van der Waals surface area contributed by atoms with Crippen molar-refractivity contribution in [3.63, 3.8) is 0 Å². The largest absolute Gasteiger partial charge is 0.352 e. The molecule has 0 bridgehead atoms. The van der Waals surface area contributed by atoms with Crippen LogP contribution in [0.2, 0.25) is 0 Å². The summed E-state index contributed by atoms with van der Waals surface area (Å²) in [5, 5.41) is 18.0. The normalized spacial score (nSPS) is 17.0. The molecular weight excluding hydrogens is 476 g/mol. The van der Waals surface area contributed by atoms with Gasteiger partial charge in [-0.3, -0.25) is 19.9 Å². The van der Waals surface area contributed by atoms with Crippen LogP contribution in [0, 0.1) is 10.1 Å². The molecule has 2 aromatic heterocycles. The Balaban J connectivity index is 1.53. The highest BCUT2D eigenvalue weighted by molar-refractivity contribution is 7.80. The number of pyridine rings is 1. The van der Waals surface area contributed by atoms with Crippen LogP contribution in [0.5, 0.6) is 0 Å². The highest BCUT2D eigenvalue weighted by atomic mass is 32.1. The van der Waals surface area contributed by atoms with Gasteiger partial charge in [-0.2, -0.15) is 0 Å². The molecule has 0 aliphatic carbocycles. The first-order chi connectivity index (χ1) is 17.5. The Morgan fingerprint density at radius 3 is 2.61 bits per heavy atom. The van der Waals surface area contributed by atoms with Crippen molar-refractivity contribution in [2.24, 2.45) is 0 Å². The summed E-state index contributed by atoms with van der Waals surface area (Å²) in [7, 11) is 0. The van der Waals surface area contributed by atoms with E-state index < -0.39 is 11.0 Å². The zero-order valence-electron chi connectivity index (χ0n) is 19.0. The van der Waals surface area contributed by atoms with E-state index in [1.807, 2.05) is 76.3 Å². The molecule has 3 heterocycles. The number of amides is 1. The summed E-state index contributed by atoms with van der Waals surface area (Å²) in [6.07, 6.45) is 3.55. The Labute approximate surface area is 212 Å². The number of non-ortho nitro benzene ring substituents is 1. The number of thiocarbonyl (C=S) groups is 1. The molecule has 1 fully saturated rings. The van der Waals surface area contributed by atoms with Gasteiger partial charge in [0.15, 0.2) is 5.11 Å². The first-order valence-electron chi connectivity index (χ1n) is 11.3. The minimum absolute atomic E-state index is 0.00686. The third-order valence-electron chi connectivity index (χ3n) is 5.97. The van der Waals surface area contributed by atoms with Crippen LogP contribution in [0.25, 0.3) is 5.69 Å². The van der Waals surface area contributed by atoms with Crippen molar-refractivity contribution in [2.75, 3.05) is 11.9 Å². The van der Waals surface area contributed by atoms with Crippen LogP contribution in [0.15, 0.2) is 97.3 Å². The SMILES string of the molecule is O=C(CN1C(=S)N[C@@H](c2ccccn2)[C@@H]1c1cccn1-c1cccc([N+](=O)[O-])c1)Nc1ccccc1. The van der Waals surface area contributed by atoms with E-state index in [1.165, 1.54) is 12.1 Å². The number of para-hydroxylation sites is 1. The van der Waals surface area contributed by atoms with Crippen molar-refractivity contribution >= 4 is 34.6 Å². The van der Waals surface area contributed by atoms with Crippen LogP contribution in [-0.4, -0.2) is 36.9 Å². The van der Waals surface area contributed by atoms with E-state index in [0.717, 1.165) is 11.4 Å². The lowest BCUT2D eigenvalue weighted by Gasteiger charge is -2.28. The van der Waals surface area contributed by atoms with Crippen molar-refractivity contribution in [2.45, 2.75) is 12.1 Å². The summed E-state index contributed by atoms with van der Waals surface area (Å²) in [6, 6.07) is 24.3. The molecule has 0 spiro atoms. The lowest BCUT2D eigenvalue weighted by molar-refractivity contribution is -0.384. The number of carbonyl (C=O) groups excluding carboxylic acids is 1. The Bertz CT molecular complexity index is 1410. The highest BCUT2D eigenvalue weighted by Gasteiger charge is 2.42. The van der Waals surface area contributed by atoms with E-state index >= 15 is 0 Å². The zero-order valence-corrected chi connectivity index (χ0v) is 19.8. The fourth-order valence-corrected chi connectivity index (χ4v) is 4.71. The van der Waals surface area contributed by atoms with Crippen molar-refractivity contribution in [1.29, 1.82) is 0 Å². The molecule has 10 heteroatoms. The summed E-state index contributed by atoms with van der Waals surface area (Å²) < 4.78 is 1.88. The van der Waals surface area contributed by atoms with Crippen LogP contribution in [0.1, 0.15) is 23.5 Å². The molecular formula is C26H22N6O3S. The van der Waals surface area contributed by atoms with Crippen LogP contribution in [-0.2, 0) is 4.79 Å². The average molecular weight is 499 g/mol. The minimum Gasteiger partial charge on any atom is -0.352 e. The summed E-state index contributed by atoms with van der Waals surface area (Å²) in [4.78, 5) is 30.3. The van der Waals surface area contributed by atoms with Gasteiger partial charge < -0.3 is 20.1 Å². The number of hydrogen-bond donors (Lipinski definition) is 2. The fourth-order valence-electron chi connectivity index (χ4n) is 4.40. The number of hydrogen-bond acceptors (Lipinski definition) is 5. The lowest BCUT2D eigenvalue weighted by atomic mass is 10.0. The second-order valence-corrected chi connectivity index (χ2v) is 8.64. The van der Waals surface area contributed by atoms with Gasteiger partial charge in [-0.25, -0.2) is 0 Å². The molecule has 0 unspecified atom stereocenters. The van der Waals surface area contributed by atoms with E-state index in [4.69, 9.17) is 12.2 Å². The van der Waals surface area contributed by atoms with Crippen molar-refractivity contribution in [3.05, 3.63) is 119 Å². The van der Waals surface area contributed by atoms with Gasteiger partial charge >= 0.3 is 0 Å². The number of benzene rings is 2. The number of nitro benzene ring substituents is 1. The Kier molecular flexibility index (Phi) is 6.42. The number of anilines is 1. The number of nitrogens with one attached hydrogen (secondary N) is 2. The van der Waals surface area contributed by atoms with E-state index in [2.05, 4.69) is 15.6 Å². The third-order valence-corrected chi connectivity index (χ3v) is 6.32. The lowest BCUT2D eigenvalue weighted by Crippen LogP contribution is -2.37. The molecule has 9 nitrogen and oxygen atoms in total. The number of aromatic nitrogens is 2. The molecule has 5 rings (SSSR count). The van der Waals surface area contributed by atoms with Gasteiger partial charge in [-0.05, 0) is 54.7 Å². The maximum atomic E-state index is 13.0. The first kappa shape index (κ1) is 23.2.